The summed E-state index contributed by atoms with van der Waals surface area (Å²) in [7, 11) is 0. The lowest BCUT2D eigenvalue weighted by Crippen LogP contribution is -2.61. The topological polar surface area (TPSA) is 88.3 Å². The van der Waals surface area contributed by atoms with Gasteiger partial charge in [0.15, 0.2) is 0 Å². The summed E-state index contributed by atoms with van der Waals surface area (Å²) in [5, 5.41) is 7.17. The summed E-state index contributed by atoms with van der Waals surface area (Å²) in [5.74, 6) is 1.47. The fraction of sp³-hybridized carbons (Fsp3) is 0.545. The van der Waals surface area contributed by atoms with E-state index in [1.807, 2.05) is 31.2 Å². The minimum Gasteiger partial charge on any atom is -0.339 e. The highest BCUT2D eigenvalue weighted by Crippen LogP contribution is 2.38. The van der Waals surface area contributed by atoms with Gasteiger partial charge in [-0.05, 0) is 38.5 Å². The molecule has 3 amide bonds. The van der Waals surface area contributed by atoms with Gasteiger partial charge in [-0.25, -0.2) is 4.79 Å². The number of carbonyl (C=O) groups excluding carboxylic acids is 2. The summed E-state index contributed by atoms with van der Waals surface area (Å²) in [5.41, 5.74) is 2.09. The van der Waals surface area contributed by atoms with Gasteiger partial charge < -0.3 is 9.84 Å². The van der Waals surface area contributed by atoms with Crippen LogP contribution in [0.15, 0.2) is 28.8 Å². The number of amides is 3. The fourth-order valence-electron chi connectivity index (χ4n) is 4.21. The fourth-order valence-corrected chi connectivity index (χ4v) is 4.21. The van der Waals surface area contributed by atoms with Crippen LogP contribution in [-0.4, -0.2) is 39.6 Å². The van der Waals surface area contributed by atoms with Crippen LogP contribution in [0.3, 0.4) is 0 Å². The summed E-state index contributed by atoms with van der Waals surface area (Å²) < 4.78 is 5.54. The first-order valence-corrected chi connectivity index (χ1v) is 10.4. The van der Waals surface area contributed by atoms with Crippen molar-refractivity contribution in [1.29, 1.82) is 0 Å². The van der Waals surface area contributed by atoms with Crippen LogP contribution >= 0.6 is 0 Å². The van der Waals surface area contributed by atoms with Gasteiger partial charge in [-0.3, -0.25) is 9.69 Å². The van der Waals surface area contributed by atoms with Crippen LogP contribution in [0.5, 0.6) is 0 Å². The van der Waals surface area contributed by atoms with Crippen LogP contribution in [0.4, 0.5) is 4.79 Å². The molecule has 1 saturated carbocycles. The highest BCUT2D eigenvalue weighted by Gasteiger charge is 2.45. The van der Waals surface area contributed by atoms with E-state index in [-0.39, 0.29) is 29.8 Å². The average Bonchev–Trinajstić information content (AvgIpc) is 3.18. The zero-order valence-corrected chi connectivity index (χ0v) is 17.2. The van der Waals surface area contributed by atoms with Crippen molar-refractivity contribution in [2.24, 2.45) is 11.8 Å². The van der Waals surface area contributed by atoms with Crippen LogP contribution in [0.25, 0.3) is 11.4 Å². The summed E-state index contributed by atoms with van der Waals surface area (Å²) in [6.07, 6.45) is 2.99. The first-order valence-electron chi connectivity index (χ1n) is 10.4. The van der Waals surface area contributed by atoms with Crippen molar-refractivity contribution in [1.82, 2.24) is 20.4 Å². The molecule has 1 aliphatic carbocycles. The summed E-state index contributed by atoms with van der Waals surface area (Å²) >= 11 is 0. The number of hydrogen-bond acceptors (Lipinski definition) is 5. The largest absolute Gasteiger partial charge is 0.339 e. The van der Waals surface area contributed by atoms with Crippen molar-refractivity contribution in [2.45, 2.75) is 58.4 Å². The Balaban J connectivity index is 1.44. The van der Waals surface area contributed by atoms with E-state index in [4.69, 9.17) is 4.52 Å². The van der Waals surface area contributed by atoms with Gasteiger partial charge in [0.05, 0.1) is 5.92 Å². The number of rotatable bonds is 5. The molecular weight excluding hydrogens is 368 g/mol. The quantitative estimate of drug-likeness (QED) is 0.828. The molecule has 3 unspecified atom stereocenters. The first-order chi connectivity index (χ1) is 13.9. The van der Waals surface area contributed by atoms with Gasteiger partial charge in [0, 0.05) is 24.1 Å². The molecule has 7 heteroatoms. The molecule has 0 radical (unpaired) electrons. The Morgan fingerprint density at radius 3 is 2.69 bits per heavy atom. The van der Waals surface area contributed by atoms with Gasteiger partial charge in [0.1, 0.15) is 0 Å². The SMILES string of the molecule is Cc1ccc(-c2noc(C3CCC4C(=O)N(CCC(C)C)C(=O)NC4C3)n2)cc1. The molecule has 154 valence electrons. The zero-order chi connectivity index (χ0) is 20.5. The summed E-state index contributed by atoms with van der Waals surface area (Å²) in [6.45, 7) is 6.71. The minimum atomic E-state index is -0.275. The molecule has 1 aromatic heterocycles. The molecule has 2 fully saturated rings. The predicted molar refractivity (Wildman–Crippen MR) is 108 cm³/mol. The summed E-state index contributed by atoms with van der Waals surface area (Å²) in [6, 6.07) is 7.55. The molecule has 7 nitrogen and oxygen atoms in total. The molecule has 2 aliphatic rings. The van der Waals surface area contributed by atoms with E-state index in [0.29, 0.717) is 30.6 Å². The second-order valence-corrected chi connectivity index (χ2v) is 8.67. The van der Waals surface area contributed by atoms with Crippen molar-refractivity contribution in [3.63, 3.8) is 0 Å². The lowest BCUT2D eigenvalue weighted by atomic mass is 9.76. The molecule has 1 saturated heterocycles. The molecule has 29 heavy (non-hydrogen) atoms. The molecule has 0 bridgehead atoms. The first kappa shape index (κ1) is 19.6. The lowest BCUT2D eigenvalue weighted by molar-refractivity contribution is -0.136. The van der Waals surface area contributed by atoms with Crippen molar-refractivity contribution in [3.05, 3.63) is 35.7 Å². The second kappa shape index (κ2) is 7.97. The number of fused-ring (bicyclic) bond motifs is 1. The number of carbonyl (C=O) groups is 2. The van der Waals surface area contributed by atoms with Gasteiger partial charge in [-0.15, -0.1) is 0 Å². The van der Waals surface area contributed by atoms with Crippen molar-refractivity contribution >= 4 is 11.9 Å². The molecule has 4 rings (SSSR count). The van der Waals surface area contributed by atoms with E-state index in [9.17, 15) is 9.59 Å². The normalized spacial score (nSPS) is 24.6. The number of imide groups is 1. The molecule has 2 aromatic rings. The average molecular weight is 396 g/mol. The monoisotopic (exact) mass is 396 g/mol. The van der Waals surface area contributed by atoms with Crippen LogP contribution in [0, 0.1) is 18.8 Å². The van der Waals surface area contributed by atoms with Gasteiger partial charge in [0.2, 0.25) is 17.6 Å². The number of nitrogens with one attached hydrogen (secondary N) is 1. The van der Waals surface area contributed by atoms with Gasteiger partial charge >= 0.3 is 6.03 Å². The molecule has 1 aliphatic heterocycles. The molecule has 2 heterocycles. The van der Waals surface area contributed by atoms with E-state index in [1.165, 1.54) is 10.5 Å². The Hall–Kier alpha value is -2.70. The number of aryl methyl sites for hydroxylation is 1. The van der Waals surface area contributed by atoms with E-state index < -0.39 is 0 Å². The zero-order valence-electron chi connectivity index (χ0n) is 17.2. The van der Waals surface area contributed by atoms with Crippen LogP contribution in [-0.2, 0) is 4.79 Å². The maximum Gasteiger partial charge on any atom is 0.324 e. The number of benzene rings is 1. The molecule has 0 spiro atoms. The Labute approximate surface area is 170 Å². The third-order valence-corrected chi connectivity index (χ3v) is 6.02. The molecule has 3 atom stereocenters. The third-order valence-electron chi connectivity index (χ3n) is 6.02. The predicted octanol–water partition coefficient (Wildman–Crippen LogP) is 3.90. The van der Waals surface area contributed by atoms with E-state index in [2.05, 4.69) is 29.3 Å². The minimum absolute atomic E-state index is 0.0382. The Morgan fingerprint density at radius 2 is 1.97 bits per heavy atom. The van der Waals surface area contributed by atoms with Crippen molar-refractivity contribution in [3.8, 4) is 11.4 Å². The third kappa shape index (κ3) is 4.04. The smallest absolute Gasteiger partial charge is 0.324 e. The Kier molecular flexibility index (Phi) is 5.39. The van der Waals surface area contributed by atoms with Gasteiger partial charge in [-0.1, -0.05) is 48.8 Å². The number of aromatic nitrogens is 2. The maximum atomic E-state index is 12.9. The van der Waals surface area contributed by atoms with Crippen LogP contribution in [0.1, 0.15) is 56.9 Å². The van der Waals surface area contributed by atoms with Gasteiger partial charge in [-0.2, -0.15) is 4.98 Å². The highest BCUT2D eigenvalue weighted by molar-refractivity contribution is 5.98. The Morgan fingerprint density at radius 1 is 1.21 bits per heavy atom. The second-order valence-electron chi connectivity index (χ2n) is 8.67. The van der Waals surface area contributed by atoms with E-state index in [0.717, 1.165) is 24.8 Å². The van der Waals surface area contributed by atoms with Crippen LogP contribution < -0.4 is 5.32 Å². The van der Waals surface area contributed by atoms with Crippen molar-refractivity contribution in [2.75, 3.05) is 6.54 Å². The molecular formula is C22H28N4O3. The standard InChI is InChI=1S/C22H28N4O3/c1-13(2)10-11-26-21(27)17-9-8-16(12-18(17)23-22(26)28)20-24-19(25-29-20)15-6-4-14(3)5-7-15/h4-7,13,16-18H,8-12H2,1-3H3,(H,23,28). The van der Waals surface area contributed by atoms with E-state index in [1.54, 1.807) is 0 Å². The van der Waals surface area contributed by atoms with Crippen molar-refractivity contribution < 1.29 is 14.1 Å². The molecule has 1 N–H and O–H groups in total. The number of urea groups is 1. The number of hydrogen-bond donors (Lipinski definition) is 1. The Bertz CT molecular complexity index is 890. The maximum absolute atomic E-state index is 12.9. The summed E-state index contributed by atoms with van der Waals surface area (Å²) in [4.78, 5) is 31.3. The van der Waals surface area contributed by atoms with Crippen LogP contribution in [0.2, 0.25) is 0 Å². The lowest BCUT2D eigenvalue weighted by Gasteiger charge is -2.41. The van der Waals surface area contributed by atoms with Gasteiger partial charge in [0.25, 0.3) is 0 Å². The van der Waals surface area contributed by atoms with E-state index >= 15 is 0 Å². The molecule has 1 aromatic carbocycles. The number of nitrogens with zero attached hydrogens (tertiary/aromatic N) is 3. The highest BCUT2D eigenvalue weighted by atomic mass is 16.5.